The molecule has 0 spiro atoms. The summed E-state index contributed by atoms with van der Waals surface area (Å²) in [5.41, 5.74) is 1.63. The highest BCUT2D eigenvalue weighted by atomic mass is 32.2. The molecule has 0 saturated carbocycles. The predicted octanol–water partition coefficient (Wildman–Crippen LogP) is 4.63. The van der Waals surface area contributed by atoms with Crippen molar-refractivity contribution < 1.29 is 9.72 Å². The van der Waals surface area contributed by atoms with Gasteiger partial charge in [0.15, 0.2) is 11.0 Å². The van der Waals surface area contributed by atoms with Crippen LogP contribution in [-0.2, 0) is 12.3 Å². The van der Waals surface area contributed by atoms with Crippen molar-refractivity contribution in [1.29, 1.82) is 0 Å². The van der Waals surface area contributed by atoms with Gasteiger partial charge in [-0.2, -0.15) is 0 Å². The molecule has 1 heterocycles. The Morgan fingerprint density at radius 1 is 1.13 bits per heavy atom. The highest BCUT2D eigenvalue weighted by Crippen LogP contribution is 2.27. The largest absolute Gasteiger partial charge is 0.342 e. The molecular weight excluding hydrogens is 414 g/mol. The standard InChI is InChI=1S/C22H25N5O3S/c1-4-26-20(19(15(2)3)23-21(28)17-8-6-5-7-9-17)24-25-22(26)31-14-16-10-12-18(13-11-16)27(29)30/h5-13,15,19H,4,14H2,1-3H3,(H,23,28). The van der Waals surface area contributed by atoms with Crippen LogP contribution >= 0.6 is 11.8 Å². The number of nitro benzene ring substituents is 1. The molecule has 31 heavy (non-hydrogen) atoms. The zero-order chi connectivity index (χ0) is 22.4. The number of hydrogen-bond acceptors (Lipinski definition) is 6. The fourth-order valence-electron chi connectivity index (χ4n) is 3.14. The molecule has 0 radical (unpaired) electrons. The van der Waals surface area contributed by atoms with Crippen molar-refractivity contribution in [2.45, 2.75) is 44.3 Å². The third-order valence-electron chi connectivity index (χ3n) is 4.84. The van der Waals surface area contributed by atoms with Crippen LogP contribution < -0.4 is 5.32 Å². The van der Waals surface area contributed by atoms with Crippen LogP contribution in [0, 0.1) is 16.0 Å². The number of carbonyl (C=O) groups excluding carboxylic acids is 1. The minimum atomic E-state index is -0.410. The molecule has 0 aliphatic rings. The van der Waals surface area contributed by atoms with Gasteiger partial charge >= 0.3 is 0 Å². The van der Waals surface area contributed by atoms with Crippen LogP contribution in [0.3, 0.4) is 0 Å². The number of aromatic nitrogens is 3. The molecule has 0 saturated heterocycles. The molecule has 2 aromatic carbocycles. The van der Waals surface area contributed by atoms with Gasteiger partial charge in [-0.05, 0) is 30.5 Å². The number of nitro groups is 1. The van der Waals surface area contributed by atoms with Gasteiger partial charge in [0.25, 0.3) is 11.6 Å². The Morgan fingerprint density at radius 3 is 2.39 bits per heavy atom. The molecule has 3 aromatic rings. The maximum Gasteiger partial charge on any atom is 0.269 e. The van der Waals surface area contributed by atoms with Gasteiger partial charge in [-0.3, -0.25) is 14.9 Å². The summed E-state index contributed by atoms with van der Waals surface area (Å²) in [7, 11) is 0. The maximum atomic E-state index is 12.7. The number of benzene rings is 2. The molecule has 1 atom stereocenters. The van der Waals surface area contributed by atoms with Gasteiger partial charge in [-0.15, -0.1) is 10.2 Å². The molecule has 8 nitrogen and oxygen atoms in total. The molecule has 0 aliphatic carbocycles. The summed E-state index contributed by atoms with van der Waals surface area (Å²) >= 11 is 1.51. The fourth-order valence-corrected chi connectivity index (χ4v) is 4.10. The smallest absolute Gasteiger partial charge is 0.269 e. The molecule has 3 rings (SSSR count). The van der Waals surface area contributed by atoms with Crippen LogP contribution in [0.15, 0.2) is 59.8 Å². The molecule has 1 unspecified atom stereocenters. The number of nitrogens with zero attached hydrogens (tertiary/aromatic N) is 4. The van der Waals surface area contributed by atoms with E-state index in [1.54, 1.807) is 24.3 Å². The summed E-state index contributed by atoms with van der Waals surface area (Å²) in [4.78, 5) is 23.1. The summed E-state index contributed by atoms with van der Waals surface area (Å²) in [5.74, 6) is 1.30. The van der Waals surface area contributed by atoms with E-state index in [9.17, 15) is 14.9 Å². The Labute approximate surface area is 185 Å². The van der Waals surface area contributed by atoms with Gasteiger partial charge in [0, 0.05) is 30.0 Å². The Hall–Kier alpha value is -3.20. The first kappa shape index (κ1) is 22.5. The van der Waals surface area contributed by atoms with Crippen molar-refractivity contribution in [3.05, 3.63) is 81.7 Å². The van der Waals surface area contributed by atoms with Gasteiger partial charge in [0.1, 0.15) is 0 Å². The van der Waals surface area contributed by atoms with Crippen molar-refractivity contribution in [2.24, 2.45) is 5.92 Å². The number of non-ortho nitro benzene ring substituents is 1. The highest BCUT2D eigenvalue weighted by molar-refractivity contribution is 7.98. The van der Waals surface area contributed by atoms with E-state index in [0.29, 0.717) is 23.7 Å². The van der Waals surface area contributed by atoms with E-state index >= 15 is 0 Å². The van der Waals surface area contributed by atoms with E-state index in [2.05, 4.69) is 15.5 Å². The van der Waals surface area contributed by atoms with E-state index in [4.69, 9.17) is 0 Å². The first-order chi connectivity index (χ1) is 14.9. The molecule has 0 bridgehead atoms. The minimum Gasteiger partial charge on any atom is -0.342 e. The number of hydrogen-bond donors (Lipinski definition) is 1. The Balaban J connectivity index is 1.76. The lowest BCUT2D eigenvalue weighted by molar-refractivity contribution is -0.384. The van der Waals surface area contributed by atoms with Gasteiger partial charge < -0.3 is 9.88 Å². The summed E-state index contributed by atoms with van der Waals surface area (Å²) in [6.45, 7) is 6.75. The third-order valence-corrected chi connectivity index (χ3v) is 5.88. The van der Waals surface area contributed by atoms with Crippen molar-refractivity contribution in [3.8, 4) is 0 Å². The molecule has 0 aliphatic heterocycles. The summed E-state index contributed by atoms with van der Waals surface area (Å²) in [6.07, 6.45) is 0. The second kappa shape index (κ2) is 10.2. The zero-order valence-corrected chi connectivity index (χ0v) is 18.5. The predicted molar refractivity (Wildman–Crippen MR) is 120 cm³/mol. The SMILES string of the molecule is CCn1c(SCc2ccc([N+](=O)[O-])cc2)nnc1C(NC(=O)c1ccccc1)C(C)C. The highest BCUT2D eigenvalue weighted by Gasteiger charge is 2.26. The molecule has 1 amide bonds. The first-order valence-corrected chi connectivity index (χ1v) is 11.0. The summed E-state index contributed by atoms with van der Waals surface area (Å²) < 4.78 is 2.01. The van der Waals surface area contributed by atoms with Crippen LogP contribution in [0.5, 0.6) is 0 Å². The molecule has 162 valence electrons. The number of thioether (sulfide) groups is 1. The summed E-state index contributed by atoms with van der Waals surface area (Å²) in [5, 5.41) is 23.4. The fraction of sp³-hybridized carbons (Fsp3) is 0.318. The van der Waals surface area contributed by atoms with Crippen molar-refractivity contribution in [3.63, 3.8) is 0 Å². The maximum absolute atomic E-state index is 12.7. The van der Waals surface area contributed by atoms with E-state index < -0.39 is 4.92 Å². The second-order valence-corrected chi connectivity index (χ2v) is 8.30. The van der Waals surface area contributed by atoms with Crippen molar-refractivity contribution in [1.82, 2.24) is 20.1 Å². The quantitative estimate of drug-likeness (QED) is 0.296. The molecule has 0 fully saturated rings. The Bertz CT molecular complexity index is 1040. The monoisotopic (exact) mass is 439 g/mol. The molecule has 1 N–H and O–H groups in total. The Kier molecular flexibility index (Phi) is 7.41. The minimum absolute atomic E-state index is 0.0710. The lowest BCUT2D eigenvalue weighted by Gasteiger charge is -2.22. The van der Waals surface area contributed by atoms with Crippen LogP contribution in [0.25, 0.3) is 0 Å². The zero-order valence-electron chi connectivity index (χ0n) is 17.7. The van der Waals surface area contributed by atoms with E-state index in [0.717, 1.165) is 10.7 Å². The topological polar surface area (TPSA) is 103 Å². The molecule has 9 heteroatoms. The molecule has 1 aromatic heterocycles. The Morgan fingerprint density at radius 2 is 1.81 bits per heavy atom. The first-order valence-electron chi connectivity index (χ1n) is 10.1. The van der Waals surface area contributed by atoms with Crippen molar-refractivity contribution >= 4 is 23.4 Å². The number of amides is 1. The lowest BCUT2D eigenvalue weighted by atomic mass is 10.0. The molecular formula is C22H25N5O3S. The van der Waals surface area contributed by atoms with E-state index in [1.165, 1.54) is 23.9 Å². The van der Waals surface area contributed by atoms with Gasteiger partial charge in [0.05, 0.1) is 11.0 Å². The van der Waals surface area contributed by atoms with E-state index in [1.807, 2.05) is 43.5 Å². The van der Waals surface area contributed by atoms with Crippen LogP contribution in [-0.4, -0.2) is 25.6 Å². The third kappa shape index (κ3) is 5.49. The number of rotatable bonds is 9. The van der Waals surface area contributed by atoms with Crippen LogP contribution in [0.2, 0.25) is 0 Å². The normalized spacial score (nSPS) is 12.0. The van der Waals surface area contributed by atoms with Gasteiger partial charge in [-0.1, -0.05) is 55.9 Å². The van der Waals surface area contributed by atoms with Gasteiger partial charge in [-0.25, -0.2) is 0 Å². The van der Waals surface area contributed by atoms with Crippen LogP contribution in [0.1, 0.15) is 48.6 Å². The second-order valence-electron chi connectivity index (χ2n) is 7.36. The lowest BCUT2D eigenvalue weighted by Crippen LogP contribution is -2.33. The van der Waals surface area contributed by atoms with Crippen molar-refractivity contribution in [2.75, 3.05) is 0 Å². The van der Waals surface area contributed by atoms with Gasteiger partial charge in [0.2, 0.25) is 0 Å². The number of carbonyl (C=O) groups is 1. The van der Waals surface area contributed by atoms with E-state index in [-0.39, 0.29) is 23.6 Å². The average molecular weight is 440 g/mol. The van der Waals surface area contributed by atoms with Crippen LogP contribution in [0.4, 0.5) is 5.69 Å². The number of nitrogens with one attached hydrogen (secondary N) is 1. The summed E-state index contributed by atoms with van der Waals surface area (Å²) in [6, 6.07) is 15.3. The average Bonchev–Trinajstić information content (AvgIpc) is 3.19.